The Morgan fingerprint density at radius 2 is 2.14 bits per heavy atom. The number of hydrogen-bond donors (Lipinski definition) is 0. The van der Waals surface area contributed by atoms with Crippen LogP contribution in [0.5, 0.6) is 5.75 Å². The lowest BCUT2D eigenvalue weighted by Gasteiger charge is -2.15. The first kappa shape index (κ1) is 10.4. The summed E-state index contributed by atoms with van der Waals surface area (Å²) in [4.78, 5) is 10.2. The van der Waals surface area contributed by atoms with Gasteiger partial charge in [0.25, 0.3) is 0 Å². The molecule has 76 valence electrons. The Morgan fingerprint density at radius 1 is 1.50 bits per heavy atom. The standard InChI is InChI=1S/C9H8F2O3/c1-5(9(12)13)14-8-3-2-6(10)4-7(8)11/h2-5H,1H3,(H,12,13)/p-1/t5-/m0/s1. The number of hydrogen-bond acceptors (Lipinski definition) is 3. The summed E-state index contributed by atoms with van der Waals surface area (Å²) in [6.45, 7) is 1.19. The summed E-state index contributed by atoms with van der Waals surface area (Å²) in [5.41, 5.74) is 0. The van der Waals surface area contributed by atoms with E-state index in [-0.39, 0.29) is 5.75 Å². The molecule has 0 saturated heterocycles. The first-order chi connectivity index (χ1) is 6.50. The molecular formula is C9H7F2O3-. The van der Waals surface area contributed by atoms with Gasteiger partial charge in [0, 0.05) is 6.07 Å². The maximum atomic E-state index is 12.9. The number of carbonyl (C=O) groups excluding carboxylic acids is 1. The van der Waals surface area contributed by atoms with Crippen LogP contribution >= 0.6 is 0 Å². The highest BCUT2D eigenvalue weighted by Gasteiger charge is 2.09. The van der Waals surface area contributed by atoms with E-state index in [9.17, 15) is 18.7 Å². The van der Waals surface area contributed by atoms with Crippen LogP contribution in [0, 0.1) is 11.6 Å². The number of halogens is 2. The molecule has 1 aromatic rings. The van der Waals surface area contributed by atoms with Crippen LogP contribution in [0.15, 0.2) is 18.2 Å². The second-order valence-electron chi connectivity index (χ2n) is 2.65. The van der Waals surface area contributed by atoms with Crippen LogP contribution in [-0.4, -0.2) is 12.1 Å². The number of aliphatic carboxylic acids is 1. The van der Waals surface area contributed by atoms with E-state index < -0.39 is 23.7 Å². The van der Waals surface area contributed by atoms with E-state index in [0.717, 1.165) is 12.1 Å². The summed E-state index contributed by atoms with van der Waals surface area (Å²) in [5.74, 6) is -3.48. The molecule has 14 heavy (non-hydrogen) atoms. The van der Waals surface area contributed by atoms with Crippen LogP contribution in [-0.2, 0) is 4.79 Å². The molecule has 0 saturated carbocycles. The minimum atomic E-state index is -1.46. The van der Waals surface area contributed by atoms with Crippen molar-refractivity contribution in [1.29, 1.82) is 0 Å². The van der Waals surface area contributed by atoms with Gasteiger partial charge in [-0.1, -0.05) is 0 Å². The van der Waals surface area contributed by atoms with E-state index in [1.807, 2.05) is 0 Å². The molecule has 0 aromatic heterocycles. The molecule has 0 spiro atoms. The number of carboxylic acids is 1. The van der Waals surface area contributed by atoms with E-state index in [4.69, 9.17) is 0 Å². The van der Waals surface area contributed by atoms with Gasteiger partial charge in [0.05, 0.1) is 5.97 Å². The topological polar surface area (TPSA) is 49.4 Å². The molecular weight excluding hydrogens is 194 g/mol. The van der Waals surface area contributed by atoms with Gasteiger partial charge in [-0.05, 0) is 19.1 Å². The van der Waals surface area contributed by atoms with Crippen molar-refractivity contribution < 1.29 is 23.4 Å². The largest absolute Gasteiger partial charge is 0.546 e. The maximum absolute atomic E-state index is 12.9. The lowest BCUT2D eigenvalue weighted by Crippen LogP contribution is -2.37. The van der Waals surface area contributed by atoms with Gasteiger partial charge in [0.1, 0.15) is 11.9 Å². The Balaban J connectivity index is 2.82. The Bertz CT molecular complexity index is 352. The Morgan fingerprint density at radius 3 is 2.64 bits per heavy atom. The van der Waals surface area contributed by atoms with Gasteiger partial charge in [-0.15, -0.1) is 0 Å². The maximum Gasteiger partial charge on any atom is 0.168 e. The molecule has 0 aliphatic heterocycles. The van der Waals surface area contributed by atoms with Gasteiger partial charge >= 0.3 is 0 Å². The van der Waals surface area contributed by atoms with Crippen molar-refractivity contribution >= 4 is 5.97 Å². The van der Waals surface area contributed by atoms with Gasteiger partial charge < -0.3 is 14.6 Å². The molecule has 0 aliphatic rings. The molecule has 0 bridgehead atoms. The van der Waals surface area contributed by atoms with E-state index >= 15 is 0 Å². The molecule has 3 nitrogen and oxygen atoms in total. The zero-order valence-electron chi connectivity index (χ0n) is 7.29. The highest BCUT2D eigenvalue weighted by molar-refractivity contribution is 5.69. The molecule has 0 fully saturated rings. The van der Waals surface area contributed by atoms with Crippen molar-refractivity contribution in [3.05, 3.63) is 29.8 Å². The molecule has 0 radical (unpaired) electrons. The van der Waals surface area contributed by atoms with E-state index in [1.54, 1.807) is 0 Å². The second kappa shape index (κ2) is 4.04. The molecule has 1 atom stereocenters. The van der Waals surface area contributed by atoms with Crippen LogP contribution < -0.4 is 9.84 Å². The fourth-order valence-corrected chi connectivity index (χ4v) is 0.809. The van der Waals surface area contributed by atoms with Crippen molar-refractivity contribution in [3.63, 3.8) is 0 Å². The van der Waals surface area contributed by atoms with Crippen LogP contribution in [0.1, 0.15) is 6.92 Å². The molecule has 1 rings (SSSR count). The Hall–Kier alpha value is -1.65. The Kier molecular flexibility index (Phi) is 3.01. The average Bonchev–Trinajstić information content (AvgIpc) is 2.09. The summed E-state index contributed by atoms with van der Waals surface area (Å²) in [6, 6.07) is 2.60. The fourth-order valence-electron chi connectivity index (χ4n) is 0.809. The molecule has 5 heteroatoms. The highest BCUT2D eigenvalue weighted by Crippen LogP contribution is 2.18. The minimum Gasteiger partial charge on any atom is -0.546 e. The number of carboxylic acid groups (broad SMARTS) is 1. The second-order valence-corrected chi connectivity index (χ2v) is 2.65. The van der Waals surface area contributed by atoms with Crippen LogP contribution in [0.4, 0.5) is 8.78 Å². The molecule has 0 heterocycles. The fraction of sp³-hybridized carbons (Fsp3) is 0.222. The monoisotopic (exact) mass is 201 g/mol. The summed E-state index contributed by atoms with van der Waals surface area (Å²) < 4.78 is 30.0. The van der Waals surface area contributed by atoms with Crippen molar-refractivity contribution in [3.8, 4) is 5.75 Å². The predicted octanol–water partition coefficient (Wildman–Crippen LogP) is 0.482. The van der Waals surface area contributed by atoms with Crippen molar-refractivity contribution in [2.45, 2.75) is 13.0 Å². The van der Waals surface area contributed by atoms with Gasteiger partial charge in [0.2, 0.25) is 0 Å². The molecule has 0 unspecified atom stereocenters. The summed E-state index contributed by atoms with van der Waals surface area (Å²) in [7, 11) is 0. The molecule has 0 N–H and O–H groups in total. The van der Waals surface area contributed by atoms with Gasteiger partial charge in [-0.3, -0.25) is 0 Å². The van der Waals surface area contributed by atoms with Crippen LogP contribution in [0.3, 0.4) is 0 Å². The highest BCUT2D eigenvalue weighted by atomic mass is 19.1. The van der Waals surface area contributed by atoms with Crippen LogP contribution in [0.2, 0.25) is 0 Å². The normalized spacial score (nSPS) is 12.2. The third-order valence-corrected chi connectivity index (χ3v) is 1.53. The third kappa shape index (κ3) is 2.42. The van der Waals surface area contributed by atoms with E-state index in [1.165, 1.54) is 6.92 Å². The zero-order chi connectivity index (χ0) is 10.7. The van der Waals surface area contributed by atoms with Crippen molar-refractivity contribution in [2.75, 3.05) is 0 Å². The zero-order valence-corrected chi connectivity index (χ0v) is 7.29. The molecule has 0 amide bonds. The predicted molar refractivity (Wildman–Crippen MR) is 41.5 cm³/mol. The third-order valence-electron chi connectivity index (χ3n) is 1.53. The van der Waals surface area contributed by atoms with E-state index in [2.05, 4.69) is 4.74 Å². The molecule has 0 aliphatic carbocycles. The summed E-state index contributed by atoms with van der Waals surface area (Å²) in [5, 5.41) is 10.2. The SMILES string of the molecule is C[C@H](Oc1ccc(F)cc1F)C(=O)[O-]. The van der Waals surface area contributed by atoms with Gasteiger partial charge in [0.15, 0.2) is 11.6 Å². The molecule has 1 aromatic carbocycles. The first-order valence-corrected chi connectivity index (χ1v) is 3.83. The summed E-state index contributed by atoms with van der Waals surface area (Å²) in [6.07, 6.45) is -1.28. The quantitative estimate of drug-likeness (QED) is 0.714. The number of ether oxygens (including phenoxy) is 1. The smallest absolute Gasteiger partial charge is 0.168 e. The lowest BCUT2D eigenvalue weighted by atomic mass is 10.3. The minimum absolute atomic E-state index is 0.317. The van der Waals surface area contributed by atoms with Gasteiger partial charge in [-0.25, -0.2) is 8.78 Å². The van der Waals surface area contributed by atoms with Gasteiger partial charge in [-0.2, -0.15) is 0 Å². The van der Waals surface area contributed by atoms with Crippen molar-refractivity contribution in [2.24, 2.45) is 0 Å². The first-order valence-electron chi connectivity index (χ1n) is 3.83. The average molecular weight is 201 g/mol. The van der Waals surface area contributed by atoms with Crippen LogP contribution in [0.25, 0.3) is 0 Å². The van der Waals surface area contributed by atoms with Crippen molar-refractivity contribution in [1.82, 2.24) is 0 Å². The summed E-state index contributed by atoms with van der Waals surface area (Å²) >= 11 is 0. The Labute approximate surface area is 78.9 Å². The number of benzene rings is 1. The lowest BCUT2D eigenvalue weighted by molar-refractivity contribution is -0.312. The number of carbonyl (C=O) groups is 1. The van der Waals surface area contributed by atoms with E-state index in [0.29, 0.717) is 6.07 Å². The number of rotatable bonds is 3.